The van der Waals surface area contributed by atoms with Gasteiger partial charge in [0, 0.05) is 0 Å². The maximum Gasteiger partial charge on any atom is 0.329 e. The molecule has 0 aliphatic heterocycles. The summed E-state index contributed by atoms with van der Waals surface area (Å²) in [4.78, 5) is 0. The van der Waals surface area contributed by atoms with E-state index in [1.165, 1.54) is 0 Å². The highest BCUT2D eigenvalue weighted by molar-refractivity contribution is 5.10. The first-order valence-corrected chi connectivity index (χ1v) is 3.50. The van der Waals surface area contributed by atoms with Crippen LogP contribution >= 0.6 is 0 Å². The quantitative estimate of drug-likeness (QED) is 0.579. The highest BCUT2D eigenvalue weighted by Gasteiger charge is 2.07. The van der Waals surface area contributed by atoms with Gasteiger partial charge in [0.25, 0.3) is 6.33 Å². The van der Waals surface area contributed by atoms with Crippen molar-refractivity contribution in [2.45, 2.75) is 26.9 Å². The van der Waals surface area contributed by atoms with Gasteiger partial charge in [0.1, 0.15) is 6.54 Å². The molecule has 0 aromatic carbocycles. The molecule has 2 N–H and O–H groups in total. The molecule has 0 aliphatic carbocycles. The van der Waals surface area contributed by atoms with E-state index in [9.17, 15) is 0 Å². The number of nitrogens with zero attached hydrogens (tertiary/aromatic N) is 3. The Bertz CT molecular complexity index is 216. The molecular formula is C6H13N4+. The number of nitrogen functional groups attached to an aromatic ring is 1. The molecule has 1 aromatic rings. The second kappa shape index (κ2) is 2.68. The lowest BCUT2D eigenvalue weighted by atomic mass is 10.7. The molecule has 0 spiro atoms. The smallest absolute Gasteiger partial charge is 0.329 e. The van der Waals surface area contributed by atoms with Crippen molar-refractivity contribution in [1.29, 1.82) is 0 Å². The fraction of sp³-hybridized carbons (Fsp3) is 0.667. The molecule has 0 bridgehead atoms. The van der Waals surface area contributed by atoms with E-state index < -0.39 is 0 Å². The first-order chi connectivity index (χ1) is 4.77. The Kier molecular flexibility index (Phi) is 1.89. The van der Waals surface area contributed by atoms with Crippen LogP contribution in [0.3, 0.4) is 0 Å². The van der Waals surface area contributed by atoms with Gasteiger partial charge >= 0.3 is 5.95 Å². The summed E-state index contributed by atoms with van der Waals surface area (Å²) in [6.07, 6.45) is 1.91. The van der Waals surface area contributed by atoms with Crippen LogP contribution in [-0.4, -0.2) is 9.67 Å². The van der Waals surface area contributed by atoms with Crippen LogP contribution in [0.1, 0.15) is 13.8 Å². The standard InChI is InChI=1S/C6H13N4/c1-3-9-5-10(4-2)8-6(9)7/h5H,3-4H2,1-2H3,(H2,7,8)/q+1. The van der Waals surface area contributed by atoms with Gasteiger partial charge in [-0.2, -0.15) is 4.57 Å². The number of aryl methyl sites for hydroxylation is 2. The van der Waals surface area contributed by atoms with Gasteiger partial charge < -0.3 is 5.73 Å². The summed E-state index contributed by atoms with van der Waals surface area (Å²) in [5, 5.41) is 4.06. The SMILES string of the molecule is CCn1c[n+](CC)nc1N. The molecule has 10 heavy (non-hydrogen) atoms. The second-order valence-electron chi connectivity index (χ2n) is 2.12. The third-order valence-corrected chi connectivity index (χ3v) is 1.46. The summed E-state index contributed by atoms with van der Waals surface area (Å²) >= 11 is 0. The Labute approximate surface area is 60.3 Å². The highest BCUT2D eigenvalue weighted by Crippen LogP contribution is 1.91. The number of hydrogen-bond donors (Lipinski definition) is 1. The van der Waals surface area contributed by atoms with Crippen LogP contribution in [0.4, 0.5) is 5.95 Å². The lowest BCUT2D eigenvalue weighted by Gasteiger charge is -1.84. The van der Waals surface area contributed by atoms with E-state index in [0.29, 0.717) is 5.95 Å². The summed E-state index contributed by atoms with van der Waals surface area (Å²) in [5.74, 6) is 0.587. The van der Waals surface area contributed by atoms with Crippen LogP contribution in [0, 0.1) is 0 Å². The molecule has 0 fully saturated rings. The molecule has 0 atom stereocenters. The van der Waals surface area contributed by atoms with Crippen molar-refractivity contribution in [3.8, 4) is 0 Å². The van der Waals surface area contributed by atoms with Crippen LogP contribution in [0.5, 0.6) is 0 Å². The fourth-order valence-corrected chi connectivity index (χ4v) is 0.831. The van der Waals surface area contributed by atoms with Crippen molar-refractivity contribution in [2.75, 3.05) is 5.73 Å². The molecule has 0 amide bonds. The Hall–Kier alpha value is -1.06. The Morgan fingerprint density at radius 1 is 1.70 bits per heavy atom. The lowest BCUT2D eigenvalue weighted by molar-refractivity contribution is -0.748. The van der Waals surface area contributed by atoms with Gasteiger partial charge in [-0.3, -0.25) is 0 Å². The normalized spacial score (nSPS) is 10.2. The van der Waals surface area contributed by atoms with Crippen LogP contribution in [0.15, 0.2) is 6.33 Å². The summed E-state index contributed by atoms with van der Waals surface area (Å²) in [6.45, 7) is 5.83. The van der Waals surface area contributed by atoms with Crippen LogP contribution < -0.4 is 10.4 Å². The van der Waals surface area contributed by atoms with Gasteiger partial charge in [0.2, 0.25) is 0 Å². The topological polar surface area (TPSA) is 47.7 Å². The van der Waals surface area contributed by atoms with E-state index in [4.69, 9.17) is 5.73 Å². The zero-order valence-electron chi connectivity index (χ0n) is 6.41. The van der Waals surface area contributed by atoms with Gasteiger partial charge in [-0.1, -0.05) is 0 Å². The predicted molar refractivity (Wildman–Crippen MR) is 38.2 cm³/mol. The zero-order chi connectivity index (χ0) is 7.56. The third kappa shape index (κ3) is 1.10. The highest BCUT2D eigenvalue weighted by atomic mass is 15.4. The van der Waals surface area contributed by atoms with E-state index in [0.717, 1.165) is 13.1 Å². The molecule has 4 nitrogen and oxygen atoms in total. The van der Waals surface area contributed by atoms with Gasteiger partial charge in [-0.15, -0.1) is 4.68 Å². The largest absolute Gasteiger partial charge is 0.347 e. The maximum absolute atomic E-state index is 5.56. The van der Waals surface area contributed by atoms with Gasteiger partial charge in [0.05, 0.1) is 6.54 Å². The van der Waals surface area contributed by atoms with Gasteiger partial charge in [-0.25, -0.2) is 0 Å². The third-order valence-electron chi connectivity index (χ3n) is 1.46. The van der Waals surface area contributed by atoms with Crippen molar-refractivity contribution in [1.82, 2.24) is 9.67 Å². The maximum atomic E-state index is 5.56. The fourth-order valence-electron chi connectivity index (χ4n) is 0.831. The minimum atomic E-state index is 0.587. The molecule has 1 heterocycles. The van der Waals surface area contributed by atoms with Crippen molar-refractivity contribution in [3.63, 3.8) is 0 Å². The molecule has 0 unspecified atom stereocenters. The first-order valence-electron chi connectivity index (χ1n) is 3.50. The van der Waals surface area contributed by atoms with Crippen LogP contribution in [-0.2, 0) is 13.1 Å². The van der Waals surface area contributed by atoms with E-state index in [-0.39, 0.29) is 0 Å². The van der Waals surface area contributed by atoms with Crippen molar-refractivity contribution < 1.29 is 4.68 Å². The molecule has 0 aliphatic rings. The summed E-state index contributed by atoms with van der Waals surface area (Å²) in [5.41, 5.74) is 5.56. The molecule has 56 valence electrons. The number of aromatic nitrogens is 3. The number of nitrogens with two attached hydrogens (primary N) is 1. The molecule has 4 heteroatoms. The second-order valence-corrected chi connectivity index (χ2v) is 2.12. The van der Waals surface area contributed by atoms with E-state index >= 15 is 0 Å². The lowest BCUT2D eigenvalue weighted by Crippen LogP contribution is -2.33. The van der Waals surface area contributed by atoms with E-state index in [1.807, 2.05) is 29.4 Å². The molecule has 0 radical (unpaired) electrons. The Balaban J connectivity index is 2.92. The summed E-state index contributed by atoms with van der Waals surface area (Å²) in [7, 11) is 0. The Morgan fingerprint density at radius 3 is 2.70 bits per heavy atom. The van der Waals surface area contributed by atoms with Crippen LogP contribution in [0.25, 0.3) is 0 Å². The minimum Gasteiger partial charge on any atom is -0.347 e. The summed E-state index contributed by atoms with van der Waals surface area (Å²) in [6, 6.07) is 0. The Morgan fingerprint density at radius 2 is 2.40 bits per heavy atom. The molecule has 0 saturated heterocycles. The molecular weight excluding hydrogens is 128 g/mol. The van der Waals surface area contributed by atoms with Gasteiger partial charge in [0.15, 0.2) is 0 Å². The molecule has 1 aromatic heterocycles. The molecule has 1 rings (SSSR count). The zero-order valence-corrected chi connectivity index (χ0v) is 6.41. The van der Waals surface area contributed by atoms with Crippen molar-refractivity contribution >= 4 is 5.95 Å². The van der Waals surface area contributed by atoms with Gasteiger partial charge in [-0.05, 0) is 18.9 Å². The molecule has 0 saturated carbocycles. The average molecular weight is 141 g/mol. The predicted octanol–water partition coefficient (Wildman–Crippen LogP) is -0.207. The first kappa shape index (κ1) is 7.05. The van der Waals surface area contributed by atoms with Crippen LogP contribution in [0.2, 0.25) is 0 Å². The number of hydrogen-bond acceptors (Lipinski definition) is 2. The van der Waals surface area contributed by atoms with Crippen molar-refractivity contribution in [2.24, 2.45) is 0 Å². The number of rotatable bonds is 2. The minimum absolute atomic E-state index is 0.587. The van der Waals surface area contributed by atoms with E-state index in [1.54, 1.807) is 0 Å². The van der Waals surface area contributed by atoms with E-state index in [2.05, 4.69) is 5.10 Å². The average Bonchev–Trinajstić information content (AvgIpc) is 2.30. The number of anilines is 1. The monoisotopic (exact) mass is 141 g/mol. The van der Waals surface area contributed by atoms with Crippen molar-refractivity contribution in [3.05, 3.63) is 6.33 Å². The summed E-state index contributed by atoms with van der Waals surface area (Å²) < 4.78 is 3.72.